The molecule has 1 aliphatic heterocycles. The van der Waals surface area contributed by atoms with E-state index in [0.717, 1.165) is 24.0 Å². The number of hydrogen-bond donors (Lipinski definition) is 1. The number of rotatable bonds is 8. The summed E-state index contributed by atoms with van der Waals surface area (Å²) in [4.78, 5) is 42.5. The maximum Gasteiger partial charge on any atom is 0.338 e. The van der Waals surface area contributed by atoms with Crippen LogP contribution >= 0.6 is 23.2 Å². The van der Waals surface area contributed by atoms with Gasteiger partial charge in [0.05, 0.1) is 22.2 Å². The molecule has 38 heavy (non-hydrogen) atoms. The normalized spacial score (nSPS) is 17.3. The summed E-state index contributed by atoms with van der Waals surface area (Å²) in [6, 6.07) is 20.8. The second kappa shape index (κ2) is 11.6. The van der Waals surface area contributed by atoms with Gasteiger partial charge in [0.25, 0.3) is 0 Å². The van der Waals surface area contributed by atoms with Crippen LogP contribution in [0.15, 0.2) is 72.8 Å². The van der Waals surface area contributed by atoms with Gasteiger partial charge in [0.2, 0.25) is 11.8 Å². The van der Waals surface area contributed by atoms with Crippen LogP contribution in [0.3, 0.4) is 0 Å². The van der Waals surface area contributed by atoms with Crippen LogP contribution in [0.2, 0.25) is 10.0 Å². The van der Waals surface area contributed by atoms with Gasteiger partial charge in [0, 0.05) is 24.8 Å². The molecule has 1 saturated heterocycles. The summed E-state index contributed by atoms with van der Waals surface area (Å²) >= 11 is 12.6. The van der Waals surface area contributed by atoms with Gasteiger partial charge in [-0.25, -0.2) is 4.79 Å². The van der Waals surface area contributed by atoms with Crippen molar-refractivity contribution in [3.63, 3.8) is 0 Å². The van der Waals surface area contributed by atoms with Crippen molar-refractivity contribution in [3.05, 3.63) is 99.5 Å². The van der Waals surface area contributed by atoms with Crippen LogP contribution < -0.4 is 10.2 Å². The highest BCUT2D eigenvalue weighted by Crippen LogP contribution is 2.33. The lowest BCUT2D eigenvalue weighted by atomic mass is 10.1. The van der Waals surface area contributed by atoms with E-state index < -0.39 is 12.0 Å². The largest absolute Gasteiger partial charge is 0.457 e. The highest BCUT2D eigenvalue weighted by atomic mass is 35.5. The molecular weight excluding hydrogens is 525 g/mol. The number of amides is 2. The first-order valence-corrected chi connectivity index (χ1v) is 13.2. The molecule has 196 valence electrons. The number of carbonyl (C=O) groups is 3. The Bertz CT molecular complexity index is 1330. The molecule has 0 unspecified atom stereocenters. The van der Waals surface area contributed by atoms with E-state index in [1.807, 2.05) is 23.1 Å². The molecule has 9 heteroatoms. The van der Waals surface area contributed by atoms with Gasteiger partial charge in [-0.15, -0.1) is 0 Å². The molecule has 0 aromatic heterocycles. The summed E-state index contributed by atoms with van der Waals surface area (Å²) in [6.07, 6.45) is 1.82. The lowest BCUT2D eigenvalue weighted by molar-refractivity contribution is -0.136. The third-order valence-electron chi connectivity index (χ3n) is 6.72. The molecule has 2 amide bonds. The van der Waals surface area contributed by atoms with E-state index in [1.165, 1.54) is 0 Å². The molecule has 0 radical (unpaired) electrons. The zero-order chi connectivity index (χ0) is 26.6. The highest BCUT2D eigenvalue weighted by Gasteiger charge is 2.41. The summed E-state index contributed by atoms with van der Waals surface area (Å²) < 4.78 is 5.41. The summed E-state index contributed by atoms with van der Waals surface area (Å²) in [6.45, 7) is 0.909. The molecule has 1 aliphatic carbocycles. The molecule has 0 bridgehead atoms. The van der Waals surface area contributed by atoms with Crippen LogP contribution in [0.5, 0.6) is 0 Å². The van der Waals surface area contributed by atoms with Crippen LogP contribution in [-0.2, 0) is 27.5 Å². The Labute approximate surface area is 231 Å². The molecule has 2 aliphatic rings. The number of halogens is 2. The maximum atomic E-state index is 13.8. The van der Waals surface area contributed by atoms with Crippen molar-refractivity contribution in [3.8, 4) is 0 Å². The number of nitrogens with zero attached hydrogens (tertiary/aromatic N) is 2. The van der Waals surface area contributed by atoms with Gasteiger partial charge in [-0.3, -0.25) is 14.5 Å². The molecule has 2 fully saturated rings. The first-order valence-electron chi connectivity index (χ1n) is 12.5. The third-order valence-corrected chi connectivity index (χ3v) is 7.57. The van der Waals surface area contributed by atoms with Gasteiger partial charge < -0.3 is 15.0 Å². The minimum absolute atomic E-state index is 0.0989. The van der Waals surface area contributed by atoms with Crippen LogP contribution in [0, 0.1) is 0 Å². The Balaban J connectivity index is 1.31. The van der Waals surface area contributed by atoms with E-state index in [1.54, 1.807) is 59.5 Å². The number of nitrogens with one attached hydrogen (secondary N) is 1. The SMILES string of the molecule is O=C(OCc1ccc(N2C(=O)CNC[C@@H]2C(=O)N(Cc2cccc(Cl)c2Cl)C2CC2)cc1)c1ccccc1. The fourth-order valence-electron chi connectivity index (χ4n) is 4.57. The summed E-state index contributed by atoms with van der Waals surface area (Å²) in [7, 11) is 0. The Morgan fingerprint density at radius 1 is 0.974 bits per heavy atom. The van der Waals surface area contributed by atoms with Gasteiger partial charge >= 0.3 is 5.97 Å². The third kappa shape index (κ3) is 5.85. The van der Waals surface area contributed by atoms with E-state index in [0.29, 0.717) is 34.4 Å². The van der Waals surface area contributed by atoms with Gasteiger partial charge in [-0.1, -0.05) is 65.7 Å². The highest BCUT2D eigenvalue weighted by molar-refractivity contribution is 6.42. The lowest BCUT2D eigenvalue weighted by Crippen LogP contribution is -2.61. The van der Waals surface area contributed by atoms with Crippen molar-refractivity contribution in [2.75, 3.05) is 18.0 Å². The predicted octanol–water partition coefficient (Wildman–Crippen LogP) is 4.85. The van der Waals surface area contributed by atoms with Crippen molar-refractivity contribution in [2.45, 2.75) is 38.1 Å². The monoisotopic (exact) mass is 551 g/mol. The topological polar surface area (TPSA) is 79.0 Å². The van der Waals surface area contributed by atoms with E-state index in [-0.39, 0.29) is 31.0 Å². The second-order valence-corrected chi connectivity index (χ2v) is 10.2. The zero-order valence-corrected chi connectivity index (χ0v) is 22.1. The van der Waals surface area contributed by atoms with Crippen molar-refractivity contribution in [1.29, 1.82) is 0 Å². The molecular formula is C29H27Cl2N3O4. The summed E-state index contributed by atoms with van der Waals surface area (Å²) in [5.74, 6) is -0.725. The quantitative estimate of drug-likeness (QED) is 0.405. The molecule has 7 nitrogen and oxygen atoms in total. The van der Waals surface area contributed by atoms with E-state index in [9.17, 15) is 14.4 Å². The van der Waals surface area contributed by atoms with Crippen molar-refractivity contribution >= 4 is 46.7 Å². The predicted molar refractivity (Wildman–Crippen MR) is 146 cm³/mol. The van der Waals surface area contributed by atoms with Crippen molar-refractivity contribution in [2.24, 2.45) is 0 Å². The smallest absolute Gasteiger partial charge is 0.338 e. The summed E-state index contributed by atoms with van der Waals surface area (Å²) in [5, 5.41) is 3.96. The Kier molecular flexibility index (Phi) is 7.98. The van der Waals surface area contributed by atoms with E-state index in [4.69, 9.17) is 27.9 Å². The molecule has 5 rings (SSSR count). The number of benzene rings is 3. The van der Waals surface area contributed by atoms with E-state index in [2.05, 4.69) is 5.32 Å². The number of hydrogen-bond acceptors (Lipinski definition) is 5. The van der Waals surface area contributed by atoms with Crippen molar-refractivity contribution in [1.82, 2.24) is 10.2 Å². The lowest BCUT2D eigenvalue weighted by Gasteiger charge is -2.38. The molecule has 1 saturated carbocycles. The average molecular weight is 552 g/mol. The fraction of sp³-hybridized carbons (Fsp3) is 0.276. The minimum Gasteiger partial charge on any atom is -0.457 e. The maximum absolute atomic E-state index is 13.8. The molecule has 1 heterocycles. The number of ether oxygens (including phenoxy) is 1. The Hall–Kier alpha value is -3.39. The van der Waals surface area contributed by atoms with Crippen LogP contribution in [-0.4, -0.2) is 47.9 Å². The first kappa shape index (κ1) is 26.2. The molecule has 1 atom stereocenters. The molecule has 0 spiro atoms. The van der Waals surface area contributed by atoms with Crippen LogP contribution in [0.4, 0.5) is 5.69 Å². The zero-order valence-electron chi connectivity index (χ0n) is 20.6. The number of esters is 1. The van der Waals surface area contributed by atoms with Crippen molar-refractivity contribution < 1.29 is 19.1 Å². The number of carbonyl (C=O) groups excluding carboxylic acids is 3. The fourth-order valence-corrected chi connectivity index (χ4v) is 4.95. The standard InChI is InChI=1S/C29H27Cl2N3O4/c30-24-8-4-7-21(27(24)31)17-33(22-13-14-22)28(36)25-15-32-16-26(35)34(25)23-11-9-19(10-12-23)18-38-29(37)20-5-2-1-3-6-20/h1-12,22,25,32H,13-18H2/t25-/m1/s1. The molecule has 3 aromatic rings. The second-order valence-electron chi connectivity index (χ2n) is 9.43. The van der Waals surface area contributed by atoms with Gasteiger partial charge in [-0.05, 0) is 54.3 Å². The summed E-state index contributed by atoms with van der Waals surface area (Å²) in [5.41, 5.74) is 2.65. The van der Waals surface area contributed by atoms with Gasteiger partial charge in [0.15, 0.2) is 0 Å². The van der Waals surface area contributed by atoms with E-state index >= 15 is 0 Å². The van der Waals surface area contributed by atoms with Gasteiger partial charge in [0.1, 0.15) is 12.6 Å². The molecule has 3 aromatic carbocycles. The first-order chi connectivity index (χ1) is 18.4. The van der Waals surface area contributed by atoms with Crippen LogP contribution in [0.1, 0.15) is 34.3 Å². The minimum atomic E-state index is -0.698. The Morgan fingerprint density at radius 2 is 1.71 bits per heavy atom. The van der Waals surface area contributed by atoms with Crippen LogP contribution in [0.25, 0.3) is 0 Å². The molecule has 1 N–H and O–H groups in total. The Morgan fingerprint density at radius 3 is 2.42 bits per heavy atom. The van der Waals surface area contributed by atoms with Gasteiger partial charge in [-0.2, -0.15) is 0 Å². The number of piperazine rings is 1. The average Bonchev–Trinajstić information content (AvgIpc) is 3.78. The number of anilines is 1.